The molecule has 2 aliphatic rings. The van der Waals surface area contributed by atoms with E-state index >= 15 is 0 Å². The summed E-state index contributed by atoms with van der Waals surface area (Å²) in [5, 5.41) is 2.89. The molecule has 0 radical (unpaired) electrons. The zero-order valence-corrected chi connectivity index (χ0v) is 18.8. The molecule has 1 fully saturated rings. The van der Waals surface area contributed by atoms with Gasteiger partial charge in [-0.05, 0) is 30.5 Å². The number of hydrogen-bond acceptors (Lipinski definition) is 5. The van der Waals surface area contributed by atoms with Crippen LogP contribution in [0.2, 0.25) is 0 Å². The van der Waals surface area contributed by atoms with Crippen molar-refractivity contribution in [3.63, 3.8) is 0 Å². The first-order valence-corrected chi connectivity index (χ1v) is 12.5. The Bertz CT molecular complexity index is 1080. The highest BCUT2D eigenvalue weighted by atomic mass is 32.2. The molecule has 0 bridgehead atoms. The number of nitrogens with zero attached hydrogens (tertiary/aromatic N) is 2. The van der Waals surface area contributed by atoms with Crippen LogP contribution in [0.1, 0.15) is 18.4 Å². The van der Waals surface area contributed by atoms with Crippen molar-refractivity contribution in [2.24, 2.45) is 5.92 Å². The van der Waals surface area contributed by atoms with Crippen LogP contribution >= 0.6 is 0 Å². The molecule has 170 valence electrons. The summed E-state index contributed by atoms with van der Waals surface area (Å²) in [5.74, 6) is -0.199. The molecule has 4 rings (SSSR count). The second-order valence-electron chi connectivity index (χ2n) is 8.16. The average molecular weight is 458 g/mol. The normalized spacial score (nSPS) is 19.7. The topological polar surface area (TPSA) is 96.0 Å². The molecule has 0 saturated carbocycles. The van der Waals surface area contributed by atoms with Gasteiger partial charge in [-0.1, -0.05) is 42.5 Å². The lowest BCUT2D eigenvalue weighted by Gasteiger charge is -2.37. The number of sulfonamides is 1. The van der Waals surface area contributed by atoms with Crippen molar-refractivity contribution in [3.05, 3.63) is 60.2 Å². The third kappa shape index (κ3) is 4.94. The first kappa shape index (κ1) is 22.3. The highest BCUT2D eigenvalue weighted by Gasteiger charge is 2.38. The minimum Gasteiger partial charge on any atom is -0.477 e. The predicted molar refractivity (Wildman–Crippen MR) is 121 cm³/mol. The van der Waals surface area contributed by atoms with Gasteiger partial charge in [0.15, 0.2) is 6.10 Å². The van der Waals surface area contributed by atoms with Crippen LogP contribution in [0.15, 0.2) is 54.6 Å². The van der Waals surface area contributed by atoms with Crippen molar-refractivity contribution in [1.29, 1.82) is 0 Å². The van der Waals surface area contributed by atoms with Crippen LogP contribution < -0.4 is 15.0 Å². The molecular formula is C23H27N3O5S. The first-order valence-electron chi connectivity index (χ1n) is 10.7. The maximum Gasteiger partial charge on any atom is 0.263 e. The number of piperidine rings is 1. The van der Waals surface area contributed by atoms with E-state index in [1.54, 1.807) is 23.1 Å². The molecule has 1 atom stereocenters. The molecular weight excluding hydrogens is 430 g/mol. The third-order valence-electron chi connectivity index (χ3n) is 5.91. The van der Waals surface area contributed by atoms with E-state index in [0.29, 0.717) is 43.9 Å². The van der Waals surface area contributed by atoms with Gasteiger partial charge in [-0.25, -0.2) is 12.7 Å². The Hall–Kier alpha value is -2.91. The van der Waals surface area contributed by atoms with Crippen molar-refractivity contribution in [2.45, 2.75) is 25.5 Å². The number of ether oxygens (including phenoxy) is 1. The average Bonchev–Trinajstić information content (AvgIpc) is 2.81. The lowest BCUT2D eigenvalue weighted by molar-refractivity contribution is -0.129. The Morgan fingerprint density at radius 2 is 1.69 bits per heavy atom. The minimum absolute atomic E-state index is 0.102. The molecule has 2 aromatic carbocycles. The third-order valence-corrected chi connectivity index (χ3v) is 7.22. The van der Waals surface area contributed by atoms with Crippen molar-refractivity contribution in [1.82, 2.24) is 9.62 Å². The number of anilines is 1. The van der Waals surface area contributed by atoms with Crippen LogP contribution in [-0.4, -0.2) is 56.5 Å². The molecule has 0 aromatic heterocycles. The van der Waals surface area contributed by atoms with E-state index in [-0.39, 0.29) is 24.3 Å². The van der Waals surface area contributed by atoms with Crippen molar-refractivity contribution in [2.75, 3.05) is 30.8 Å². The molecule has 1 N–H and O–H groups in total. The highest BCUT2D eigenvalue weighted by Crippen LogP contribution is 2.35. The Morgan fingerprint density at radius 3 is 2.38 bits per heavy atom. The molecule has 9 heteroatoms. The summed E-state index contributed by atoms with van der Waals surface area (Å²) in [6, 6.07) is 16.8. The van der Waals surface area contributed by atoms with Gasteiger partial charge in [0.1, 0.15) is 5.75 Å². The van der Waals surface area contributed by atoms with Gasteiger partial charge in [0.25, 0.3) is 5.91 Å². The maximum absolute atomic E-state index is 13.4. The Morgan fingerprint density at radius 1 is 1.03 bits per heavy atom. The van der Waals surface area contributed by atoms with Gasteiger partial charge in [-0.15, -0.1) is 0 Å². The number of rotatable bonds is 5. The largest absolute Gasteiger partial charge is 0.477 e. The summed E-state index contributed by atoms with van der Waals surface area (Å²) in [5.41, 5.74) is 1.61. The monoisotopic (exact) mass is 457 g/mol. The smallest absolute Gasteiger partial charge is 0.263 e. The Labute approximate surface area is 188 Å². The summed E-state index contributed by atoms with van der Waals surface area (Å²) in [6.45, 7) is 1.13. The molecule has 0 unspecified atom stereocenters. The Balaban J connectivity index is 1.46. The van der Waals surface area contributed by atoms with Crippen LogP contribution in [0.25, 0.3) is 0 Å². The Kier molecular flexibility index (Phi) is 6.48. The number of nitrogens with one attached hydrogen (secondary N) is 1. The molecule has 2 aliphatic heterocycles. The maximum atomic E-state index is 13.4. The lowest BCUT2D eigenvalue weighted by atomic mass is 9.95. The molecule has 2 heterocycles. The van der Waals surface area contributed by atoms with Crippen molar-refractivity contribution < 1.29 is 22.7 Å². The quantitative estimate of drug-likeness (QED) is 0.738. The number of amides is 2. The number of carbonyl (C=O) groups is 2. The molecule has 2 amide bonds. The van der Waals surface area contributed by atoms with Crippen LogP contribution in [0.5, 0.6) is 5.75 Å². The van der Waals surface area contributed by atoms with Gasteiger partial charge in [-0.2, -0.15) is 0 Å². The summed E-state index contributed by atoms with van der Waals surface area (Å²) >= 11 is 0. The standard InChI is InChI=1S/C23H27N3O5S/c1-32(29,30)25-13-11-18(12-14-25)23(28)26-16-21(31-20-10-6-5-9-19(20)26)22(27)24-15-17-7-3-2-4-8-17/h2-10,18,21H,11-16H2,1H3,(H,24,27)/t21-/m0/s1. The van der Waals surface area contributed by atoms with Crippen molar-refractivity contribution in [3.8, 4) is 5.75 Å². The van der Waals surface area contributed by atoms with E-state index in [1.165, 1.54) is 10.6 Å². The van der Waals surface area contributed by atoms with Gasteiger partial charge in [-0.3, -0.25) is 9.59 Å². The first-order chi connectivity index (χ1) is 15.3. The second-order valence-corrected chi connectivity index (χ2v) is 10.1. The molecule has 2 aromatic rings. The number of para-hydroxylation sites is 2. The van der Waals surface area contributed by atoms with Gasteiger partial charge in [0.05, 0.1) is 18.5 Å². The predicted octanol–water partition coefficient (Wildman–Crippen LogP) is 1.77. The highest BCUT2D eigenvalue weighted by molar-refractivity contribution is 7.88. The molecule has 0 spiro atoms. The van der Waals surface area contributed by atoms with E-state index in [4.69, 9.17) is 4.74 Å². The van der Waals surface area contributed by atoms with Gasteiger partial charge in [0.2, 0.25) is 15.9 Å². The van der Waals surface area contributed by atoms with E-state index < -0.39 is 16.1 Å². The zero-order chi connectivity index (χ0) is 22.7. The fourth-order valence-electron chi connectivity index (χ4n) is 4.13. The van der Waals surface area contributed by atoms with E-state index in [9.17, 15) is 18.0 Å². The molecule has 8 nitrogen and oxygen atoms in total. The van der Waals surface area contributed by atoms with Crippen LogP contribution in [0.3, 0.4) is 0 Å². The van der Waals surface area contributed by atoms with Gasteiger partial charge < -0.3 is 15.0 Å². The number of fused-ring (bicyclic) bond motifs is 1. The molecule has 0 aliphatic carbocycles. The van der Waals surface area contributed by atoms with Gasteiger partial charge >= 0.3 is 0 Å². The number of hydrogen-bond donors (Lipinski definition) is 1. The van der Waals surface area contributed by atoms with Crippen LogP contribution in [-0.2, 0) is 26.2 Å². The fourth-order valence-corrected chi connectivity index (χ4v) is 5.01. The van der Waals surface area contributed by atoms with Crippen LogP contribution in [0.4, 0.5) is 5.69 Å². The summed E-state index contributed by atoms with van der Waals surface area (Å²) < 4.78 is 30.9. The van der Waals surface area contributed by atoms with E-state index in [1.807, 2.05) is 36.4 Å². The number of carbonyl (C=O) groups excluding carboxylic acids is 2. The minimum atomic E-state index is -3.26. The second kappa shape index (κ2) is 9.30. The zero-order valence-electron chi connectivity index (χ0n) is 17.9. The fraction of sp³-hybridized carbons (Fsp3) is 0.391. The van der Waals surface area contributed by atoms with Gasteiger partial charge in [0, 0.05) is 25.6 Å². The van der Waals surface area contributed by atoms with Crippen molar-refractivity contribution >= 4 is 27.5 Å². The summed E-state index contributed by atoms with van der Waals surface area (Å²) in [6.07, 6.45) is 1.27. The SMILES string of the molecule is CS(=O)(=O)N1CCC(C(=O)N2C[C@@H](C(=O)NCc3ccccc3)Oc3ccccc32)CC1. The summed E-state index contributed by atoms with van der Waals surface area (Å²) in [7, 11) is -3.26. The lowest BCUT2D eigenvalue weighted by Crippen LogP contribution is -2.53. The number of benzene rings is 2. The van der Waals surface area contributed by atoms with E-state index in [2.05, 4.69) is 5.32 Å². The molecule has 32 heavy (non-hydrogen) atoms. The summed E-state index contributed by atoms with van der Waals surface area (Å²) in [4.78, 5) is 27.8. The molecule has 1 saturated heterocycles. The van der Waals surface area contributed by atoms with E-state index in [0.717, 1.165) is 5.56 Å². The van der Waals surface area contributed by atoms with Crippen LogP contribution in [0, 0.1) is 5.92 Å².